The first-order valence-electron chi connectivity index (χ1n) is 9.59. The average Bonchev–Trinajstić information content (AvgIpc) is 3.35. The normalized spacial score (nSPS) is 20.7. The van der Waals surface area contributed by atoms with Crippen molar-refractivity contribution in [3.8, 4) is 0 Å². The summed E-state index contributed by atoms with van der Waals surface area (Å²) in [6, 6.07) is 11.8. The molecule has 2 aromatic rings. The highest BCUT2D eigenvalue weighted by Gasteiger charge is 2.46. The molecule has 1 aromatic carbocycles. The Morgan fingerprint density at radius 2 is 2.04 bits per heavy atom. The Kier molecular flexibility index (Phi) is 4.41. The number of aromatic nitrogens is 1. The molecule has 0 spiro atoms. The van der Waals surface area contributed by atoms with Crippen LogP contribution in [0.5, 0.6) is 0 Å². The molecule has 2 heterocycles. The molecule has 1 aliphatic heterocycles. The van der Waals surface area contributed by atoms with Gasteiger partial charge in [-0.15, -0.1) is 0 Å². The summed E-state index contributed by atoms with van der Waals surface area (Å²) in [5, 5.41) is 2.68. The fourth-order valence-electron chi connectivity index (χ4n) is 3.88. The van der Waals surface area contributed by atoms with Gasteiger partial charge in [0.05, 0.1) is 11.4 Å². The topological polar surface area (TPSA) is 45.2 Å². The van der Waals surface area contributed by atoms with Gasteiger partial charge >= 0.3 is 0 Å². The molecule has 4 nitrogen and oxygen atoms in total. The number of halogens is 1. The number of rotatable bonds is 4. The number of carbonyl (C=O) groups excluding carboxylic acids is 1. The second-order valence-electron chi connectivity index (χ2n) is 8.98. The van der Waals surface area contributed by atoms with Crippen LogP contribution in [-0.4, -0.2) is 17.4 Å². The van der Waals surface area contributed by atoms with E-state index in [9.17, 15) is 9.18 Å². The quantitative estimate of drug-likeness (QED) is 0.850. The predicted molar refractivity (Wildman–Crippen MR) is 105 cm³/mol. The van der Waals surface area contributed by atoms with Crippen LogP contribution in [0.2, 0.25) is 0 Å². The molecule has 1 N–H and O–H groups in total. The van der Waals surface area contributed by atoms with Crippen LogP contribution in [-0.2, 0) is 11.3 Å². The lowest BCUT2D eigenvalue weighted by molar-refractivity contribution is -0.117. The number of nitrogens with zero attached hydrogens (tertiary/aromatic N) is 2. The second-order valence-corrected chi connectivity index (χ2v) is 8.98. The summed E-state index contributed by atoms with van der Waals surface area (Å²) in [4.78, 5) is 19.0. The summed E-state index contributed by atoms with van der Waals surface area (Å²) in [5.41, 5.74) is 2.84. The maximum Gasteiger partial charge on any atom is 0.226 e. The summed E-state index contributed by atoms with van der Waals surface area (Å²) in [6.07, 6.45) is 1.42. The number of pyridine rings is 1. The van der Waals surface area contributed by atoms with Gasteiger partial charge in [0, 0.05) is 31.5 Å². The third kappa shape index (κ3) is 3.97. The summed E-state index contributed by atoms with van der Waals surface area (Å²) in [5.74, 6) is 0.379. The van der Waals surface area contributed by atoms with Crippen LogP contribution in [0.4, 0.5) is 15.9 Å². The molecule has 2 aliphatic rings. The Morgan fingerprint density at radius 3 is 2.74 bits per heavy atom. The fraction of sp³-hybridized carbons (Fsp3) is 0.455. The number of nitrogens with one attached hydrogen (secondary N) is 1. The van der Waals surface area contributed by atoms with Crippen LogP contribution in [0.25, 0.3) is 0 Å². The van der Waals surface area contributed by atoms with Crippen LogP contribution in [0.15, 0.2) is 36.4 Å². The van der Waals surface area contributed by atoms with Crippen LogP contribution in [0.1, 0.15) is 50.8 Å². The first-order valence-corrected chi connectivity index (χ1v) is 9.59. The molecule has 4 rings (SSSR count). The van der Waals surface area contributed by atoms with E-state index >= 15 is 0 Å². The van der Waals surface area contributed by atoms with Crippen molar-refractivity contribution in [1.29, 1.82) is 0 Å². The van der Waals surface area contributed by atoms with Crippen LogP contribution in [0, 0.1) is 17.2 Å². The van der Waals surface area contributed by atoms with E-state index in [0.717, 1.165) is 30.9 Å². The average molecular weight is 367 g/mol. The minimum atomic E-state index is -0.465. The largest absolute Gasteiger partial charge is 0.365 e. The molecule has 0 saturated heterocycles. The van der Waals surface area contributed by atoms with E-state index in [1.165, 1.54) is 5.56 Å². The summed E-state index contributed by atoms with van der Waals surface area (Å²) in [7, 11) is 0. The molecular formula is C22H26FN3O. The second kappa shape index (κ2) is 6.63. The van der Waals surface area contributed by atoms with E-state index < -0.39 is 5.82 Å². The Hall–Kier alpha value is -2.43. The molecule has 0 radical (unpaired) electrons. The van der Waals surface area contributed by atoms with E-state index in [1.807, 2.05) is 39.0 Å². The van der Waals surface area contributed by atoms with Gasteiger partial charge in [0.25, 0.3) is 0 Å². The molecule has 27 heavy (non-hydrogen) atoms. The number of anilines is 2. The molecule has 1 amide bonds. The molecule has 1 fully saturated rings. The van der Waals surface area contributed by atoms with Gasteiger partial charge in [0.15, 0.2) is 11.6 Å². The monoisotopic (exact) mass is 367 g/mol. The number of benzene rings is 1. The van der Waals surface area contributed by atoms with Crippen molar-refractivity contribution in [1.82, 2.24) is 4.98 Å². The lowest BCUT2D eigenvalue weighted by Gasteiger charge is -2.31. The SMILES string of the molecule is CC(C)(C)CC(=O)Nc1nc2c(cc1F)N(Cc1ccccc1)CC1CC21. The zero-order valence-electron chi connectivity index (χ0n) is 16.1. The highest BCUT2D eigenvalue weighted by atomic mass is 19.1. The maximum absolute atomic E-state index is 14.7. The summed E-state index contributed by atoms with van der Waals surface area (Å²) < 4.78 is 14.7. The van der Waals surface area contributed by atoms with Crippen molar-refractivity contribution in [3.05, 3.63) is 53.5 Å². The van der Waals surface area contributed by atoms with Crippen molar-refractivity contribution in [3.63, 3.8) is 0 Å². The first-order chi connectivity index (χ1) is 12.8. The Balaban J connectivity index is 1.59. The van der Waals surface area contributed by atoms with Gasteiger partial charge in [-0.05, 0) is 23.3 Å². The molecule has 1 aliphatic carbocycles. The van der Waals surface area contributed by atoms with Gasteiger partial charge in [0.1, 0.15) is 0 Å². The smallest absolute Gasteiger partial charge is 0.226 e. The van der Waals surface area contributed by atoms with Crippen molar-refractivity contribution in [2.75, 3.05) is 16.8 Å². The van der Waals surface area contributed by atoms with E-state index in [1.54, 1.807) is 6.07 Å². The number of hydrogen-bond acceptors (Lipinski definition) is 3. The van der Waals surface area contributed by atoms with E-state index in [-0.39, 0.29) is 17.1 Å². The number of amides is 1. The summed E-state index contributed by atoms with van der Waals surface area (Å²) in [6.45, 7) is 7.63. The van der Waals surface area contributed by atoms with Crippen LogP contribution >= 0.6 is 0 Å². The molecule has 0 bridgehead atoms. The number of fused-ring (bicyclic) bond motifs is 3. The zero-order valence-corrected chi connectivity index (χ0v) is 16.1. The number of carbonyl (C=O) groups is 1. The number of hydrogen-bond donors (Lipinski definition) is 1. The first kappa shape index (κ1) is 18.0. The lowest BCUT2D eigenvalue weighted by Crippen LogP contribution is -2.30. The van der Waals surface area contributed by atoms with Gasteiger partial charge < -0.3 is 10.2 Å². The standard InChI is InChI=1S/C22H26FN3O/c1-22(2,3)11-19(27)24-21-17(23)10-18-20(25-21)16-9-15(16)13-26(18)12-14-7-5-4-6-8-14/h4-8,10,15-16H,9,11-13H2,1-3H3,(H,24,25,27). The third-order valence-electron chi connectivity index (χ3n) is 5.22. The van der Waals surface area contributed by atoms with Gasteiger partial charge in [0.2, 0.25) is 5.91 Å². The van der Waals surface area contributed by atoms with Crippen LogP contribution in [0.3, 0.4) is 0 Å². The minimum absolute atomic E-state index is 0.0650. The van der Waals surface area contributed by atoms with Gasteiger partial charge in [-0.2, -0.15) is 0 Å². The molecule has 2 unspecified atom stereocenters. The Morgan fingerprint density at radius 1 is 1.30 bits per heavy atom. The molecule has 1 saturated carbocycles. The lowest BCUT2D eigenvalue weighted by atomic mass is 9.92. The molecular weight excluding hydrogens is 341 g/mol. The minimum Gasteiger partial charge on any atom is -0.365 e. The predicted octanol–water partition coefficient (Wildman–Crippen LogP) is 4.72. The van der Waals surface area contributed by atoms with Gasteiger partial charge in [-0.3, -0.25) is 4.79 Å². The Labute approximate surface area is 159 Å². The molecule has 1 aromatic heterocycles. The molecule has 5 heteroatoms. The maximum atomic E-state index is 14.7. The zero-order chi connectivity index (χ0) is 19.2. The van der Waals surface area contributed by atoms with E-state index in [4.69, 9.17) is 0 Å². The fourth-order valence-corrected chi connectivity index (χ4v) is 3.88. The molecule has 2 atom stereocenters. The highest BCUT2D eigenvalue weighted by Crippen LogP contribution is 2.54. The summed E-state index contributed by atoms with van der Waals surface area (Å²) >= 11 is 0. The van der Waals surface area contributed by atoms with E-state index in [0.29, 0.717) is 18.3 Å². The van der Waals surface area contributed by atoms with Crippen LogP contribution < -0.4 is 10.2 Å². The van der Waals surface area contributed by atoms with Crippen molar-refractivity contribution >= 4 is 17.4 Å². The van der Waals surface area contributed by atoms with Gasteiger partial charge in [-0.25, -0.2) is 9.37 Å². The highest BCUT2D eigenvalue weighted by molar-refractivity contribution is 5.90. The van der Waals surface area contributed by atoms with Crippen molar-refractivity contribution in [2.45, 2.75) is 46.1 Å². The Bertz CT molecular complexity index is 860. The molecule has 142 valence electrons. The third-order valence-corrected chi connectivity index (χ3v) is 5.22. The van der Waals surface area contributed by atoms with Gasteiger partial charge in [-0.1, -0.05) is 51.1 Å². The van der Waals surface area contributed by atoms with Crippen molar-refractivity contribution in [2.24, 2.45) is 11.3 Å². The van der Waals surface area contributed by atoms with E-state index in [2.05, 4.69) is 27.3 Å². The van der Waals surface area contributed by atoms with Crippen molar-refractivity contribution < 1.29 is 9.18 Å².